The molecule has 1 aromatic heterocycles. The van der Waals surface area contributed by atoms with Crippen molar-refractivity contribution in [1.29, 1.82) is 0 Å². The van der Waals surface area contributed by atoms with Gasteiger partial charge in [0.15, 0.2) is 5.82 Å². The summed E-state index contributed by atoms with van der Waals surface area (Å²) in [5.74, 6) is 1.03. The number of aryl methyl sites for hydroxylation is 1. The second-order valence-corrected chi connectivity index (χ2v) is 3.53. The highest BCUT2D eigenvalue weighted by Gasteiger charge is 2.06. The number of aromatic nitrogens is 2. The predicted molar refractivity (Wildman–Crippen MR) is 63.2 cm³/mol. The van der Waals surface area contributed by atoms with Gasteiger partial charge < -0.3 is 10.5 Å². The van der Waals surface area contributed by atoms with E-state index in [1.807, 2.05) is 31.2 Å². The molecule has 4 heteroatoms. The fraction of sp³-hybridized carbons (Fsp3) is 0.167. The monoisotopic (exact) mass is 215 g/mol. The van der Waals surface area contributed by atoms with E-state index in [1.54, 1.807) is 13.3 Å². The van der Waals surface area contributed by atoms with Crippen molar-refractivity contribution in [2.75, 3.05) is 12.8 Å². The molecule has 0 saturated heterocycles. The Balaban J connectivity index is 2.48. The van der Waals surface area contributed by atoms with Crippen LogP contribution in [-0.2, 0) is 0 Å². The summed E-state index contributed by atoms with van der Waals surface area (Å²) in [5.41, 5.74) is 8.22. The van der Waals surface area contributed by atoms with Crippen LogP contribution in [0, 0.1) is 6.92 Å². The van der Waals surface area contributed by atoms with Gasteiger partial charge in [0.25, 0.3) is 0 Å². The van der Waals surface area contributed by atoms with E-state index in [2.05, 4.69) is 9.97 Å². The number of rotatable bonds is 2. The molecule has 16 heavy (non-hydrogen) atoms. The molecule has 1 heterocycles. The molecule has 0 radical (unpaired) electrons. The number of ether oxygens (including phenoxy) is 1. The second kappa shape index (κ2) is 4.18. The maximum atomic E-state index is 5.66. The third-order valence-corrected chi connectivity index (χ3v) is 2.25. The maximum absolute atomic E-state index is 5.66. The molecule has 2 N–H and O–H groups in total. The normalized spacial score (nSPS) is 10.1. The smallest absolute Gasteiger partial charge is 0.240 e. The minimum absolute atomic E-state index is 0.409. The summed E-state index contributed by atoms with van der Waals surface area (Å²) in [6, 6.07) is 7.97. The van der Waals surface area contributed by atoms with Crippen LogP contribution in [0.5, 0.6) is 5.88 Å². The molecular formula is C12H13N3O. The number of hydrogen-bond donors (Lipinski definition) is 1. The molecule has 0 atom stereocenters. The van der Waals surface area contributed by atoms with Crippen molar-refractivity contribution in [3.63, 3.8) is 0 Å². The van der Waals surface area contributed by atoms with Gasteiger partial charge in [-0.25, -0.2) is 4.98 Å². The quantitative estimate of drug-likeness (QED) is 0.832. The van der Waals surface area contributed by atoms with E-state index in [4.69, 9.17) is 10.5 Å². The Morgan fingerprint density at radius 1 is 1.31 bits per heavy atom. The van der Waals surface area contributed by atoms with Gasteiger partial charge in [0, 0.05) is 5.56 Å². The predicted octanol–water partition coefficient (Wildman–Crippen LogP) is 2.04. The van der Waals surface area contributed by atoms with Gasteiger partial charge in [-0.1, -0.05) is 23.8 Å². The number of anilines is 1. The van der Waals surface area contributed by atoms with E-state index in [1.165, 1.54) is 0 Å². The van der Waals surface area contributed by atoms with Gasteiger partial charge in [-0.05, 0) is 13.0 Å². The first-order valence-electron chi connectivity index (χ1n) is 4.94. The molecule has 2 rings (SSSR count). The minimum Gasteiger partial charge on any atom is -0.479 e. The van der Waals surface area contributed by atoms with Gasteiger partial charge in [-0.15, -0.1) is 0 Å². The highest BCUT2D eigenvalue weighted by atomic mass is 16.5. The lowest BCUT2D eigenvalue weighted by atomic mass is 10.1. The third kappa shape index (κ3) is 1.95. The molecule has 0 bridgehead atoms. The van der Waals surface area contributed by atoms with Gasteiger partial charge >= 0.3 is 0 Å². The van der Waals surface area contributed by atoms with Crippen molar-refractivity contribution in [3.05, 3.63) is 36.0 Å². The Labute approximate surface area is 94.1 Å². The molecule has 0 spiro atoms. The highest BCUT2D eigenvalue weighted by Crippen LogP contribution is 2.22. The zero-order chi connectivity index (χ0) is 11.5. The van der Waals surface area contributed by atoms with Crippen LogP contribution in [0.15, 0.2) is 30.5 Å². The zero-order valence-corrected chi connectivity index (χ0v) is 9.27. The molecule has 0 aliphatic carbocycles. The summed E-state index contributed by atoms with van der Waals surface area (Å²) in [6.45, 7) is 2.03. The number of nitrogens with two attached hydrogens (primary N) is 1. The van der Waals surface area contributed by atoms with Crippen molar-refractivity contribution in [1.82, 2.24) is 9.97 Å². The van der Waals surface area contributed by atoms with Gasteiger partial charge in [0.05, 0.1) is 13.3 Å². The number of nitrogen functional groups attached to an aromatic ring is 1. The molecule has 0 aliphatic rings. The van der Waals surface area contributed by atoms with Crippen LogP contribution in [0.25, 0.3) is 11.4 Å². The summed E-state index contributed by atoms with van der Waals surface area (Å²) in [4.78, 5) is 8.43. The summed E-state index contributed by atoms with van der Waals surface area (Å²) in [6.07, 6.45) is 1.56. The first-order valence-corrected chi connectivity index (χ1v) is 4.94. The lowest BCUT2D eigenvalue weighted by Gasteiger charge is -2.05. The molecule has 0 unspecified atom stereocenters. The molecule has 0 fully saturated rings. The molecule has 2 aromatic rings. The van der Waals surface area contributed by atoms with E-state index < -0.39 is 0 Å². The van der Waals surface area contributed by atoms with Crippen LogP contribution in [0.4, 0.5) is 5.69 Å². The Morgan fingerprint density at radius 3 is 2.81 bits per heavy atom. The van der Waals surface area contributed by atoms with Gasteiger partial charge in [0.1, 0.15) is 5.69 Å². The van der Waals surface area contributed by atoms with Gasteiger partial charge in [-0.2, -0.15) is 4.98 Å². The van der Waals surface area contributed by atoms with E-state index >= 15 is 0 Å². The first-order chi connectivity index (χ1) is 7.70. The molecule has 82 valence electrons. The van der Waals surface area contributed by atoms with Gasteiger partial charge in [-0.3, -0.25) is 0 Å². The van der Waals surface area contributed by atoms with E-state index in [0.717, 1.165) is 11.1 Å². The summed E-state index contributed by atoms with van der Waals surface area (Å²) >= 11 is 0. The average Bonchev–Trinajstić information content (AvgIpc) is 2.29. The largest absolute Gasteiger partial charge is 0.479 e. The summed E-state index contributed by atoms with van der Waals surface area (Å²) < 4.78 is 5.06. The fourth-order valence-corrected chi connectivity index (χ4v) is 1.46. The van der Waals surface area contributed by atoms with E-state index in [9.17, 15) is 0 Å². The number of methoxy groups -OCH3 is 1. The SMILES string of the molecule is COc1nc(-c2cccc(C)c2)ncc1N. The van der Waals surface area contributed by atoms with Crippen molar-refractivity contribution in [3.8, 4) is 17.3 Å². The van der Waals surface area contributed by atoms with Gasteiger partial charge in [0.2, 0.25) is 5.88 Å². The topological polar surface area (TPSA) is 61.0 Å². The zero-order valence-electron chi connectivity index (χ0n) is 9.27. The highest BCUT2D eigenvalue weighted by molar-refractivity contribution is 5.59. The molecule has 1 aromatic carbocycles. The average molecular weight is 215 g/mol. The summed E-state index contributed by atoms with van der Waals surface area (Å²) in [5, 5.41) is 0. The fourth-order valence-electron chi connectivity index (χ4n) is 1.46. The van der Waals surface area contributed by atoms with Crippen LogP contribution in [0.2, 0.25) is 0 Å². The Kier molecular flexibility index (Phi) is 2.72. The van der Waals surface area contributed by atoms with Crippen molar-refractivity contribution >= 4 is 5.69 Å². The summed E-state index contributed by atoms with van der Waals surface area (Å²) in [7, 11) is 1.54. The second-order valence-electron chi connectivity index (χ2n) is 3.53. The van der Waals surface area contributed by atoms with Crippen molar-refractivity contribution < 1.29 is 4.74 Å². The van der Waals surface area contributed by atoms with Crippen molar-refractivity contribution in [2.45, 2.75) is 6.92 Å². The number of hydrogen-bond acceptors (Lipinski definition) is 4. The number of benzene rings is 1. The Hall–Kier alpha value is -2.10. The van der Waals surface area contributed by atoms with E-state index in [-0.39, 0.29) is 0 Å². The minimum atomic E-state index is 0.409. The molecule has 0 saturated carbocycles. The van der Waals surface area contributed by atoms with Crippen LogP contribution < -0.4 is 10.5 Å². The molecule has 0 amide bonds. The van der Waals surface area contributed by atoms with Crippen LogP contribution in [-0.4, -0.2) is 17.1 Å². The van der Waals surface area contributed by atoms with E-state index in [0.29, 0.717) is 17.4 Å². The van der Waals surface area contributed by atoms with Crippen LogP contribution >= 0.6 is 0 Å². The molecular weight excluding hydrogens is 202 g/mol. The number of nitrogens with zero attached hydrogens (tertiary/aromatic N) is 2. The Bertz CT molecular complexity index is 511. The first kappa shape index (κ1) is 10.4. The lowest BCUT2D eigenvalue weighted by Crippen LogP contribution is -1.99. The van der Waals surface area contributed by atoms with Crippen LogP contribution in [0.3, 0.4) is 0 Å². The maximum Gasteiger partial charge on any atom is 0.240 e. The lowest BCUT2D eigenvalue weighted by molar-refractivity contribution is 0.400. The third-order valence-electron chi connectivity index (χ3n) is 2.25. The van der Waals surface area contributed by atoms with Crippen LogP contribution in [0.1, 0.15) is 5.56 Å². The molecule has 0 aliphatic heterocycles. The molecule has 4 nitrogen and oxygen atoms in total. The standard InChI is InChI=1S/C12H13N3O/c1-8-4-3-5-9(6-8)11-14-7-10(13)12(15-11)16-2/h3-7H,13H2,1-2H3. The Morgan fingerprint density at radius 2 is 2.12 bits per heavy atom. The van der Waals surface area contributed by atoms with Crippen molar-refractivity contribution in [2.24, 2.45) is 0 Å².